The largest absolute Gasteiger partial charge is 0.390 e. The van der Waals surface area contributed by atoms with Gasteiger partial charge >= 0.3 is 0 Å². The standard InChI is InChI=1S/C33H52O8/c1-27(2,36)13-12-24-32(9,41-29(5,6)39-24)23-11-15-33(37)19-16-21(34)20-17-22-25(40-28(3,4)38-22)26(35)31(20,8)18(19)10-14-30(23,33)7/h16,18,20,22-26,35-37H,10-15,17H2,1-9H3/t18-,20-,22+,23-,24+,25+,26+,30+,31+,32+,33+/m0/s1. The number of carbonyl (C=O) groups is 1. The maximum atomic E-state index is 13.9. The number of rotatable bonds is 4. The lowest BCUT2D eigenvalue weighted by atomic mass is 9.45. The second kappa shape index (κ2) is 8.86. The lowest BCUT2D eigenvalue weighted by Crippen LogP contribution is -2.66. The first-order valence-corrected chi connectivity index (χ1v) is 15.8. The van der Waals surface area contributed by atoms with Crippen LogP contribution in [0.3, 0.4) is 0 Å². The molecule has 11 atom stereocenters. The molecule has 3 saturated carbocycles. The summed E-state index contributed by atoms with van der Waals surface area (Å²) in [5.74, 6) is -2.16. The van der Waals surface area contributed by atoms with Gasteiger partial charge in [0.05, 0.1) is 35.1 Å². The van der Waals surface area contributed by atoms with Crippen molar-refractivity contribution in [3.63, 3.8) is 0 Å². The Hall–Kier alpha value is -0.870. The zero-order valence-electron chi connectivity index (χ0n) is 26.5. The number of ether oxygens (including phenoxy) is 4. The van der Waals surface area contributed by atoms with Gasteiger partial charge in [-0.2, -0.15) is 0 Å². The molecule has 0 amide bonds. The fraction of sp³-hybridized carbons (Fsp3) is 0.909. The van der Waals surface area contributed by atoms with Gasteiger partial charge in [-0.25, -0.2) is 0 Å². The van der Waals surface area contributed by atoms with E-state index in [0.717, 1.165) is 24.8 Å². The number of fused-ring (bicyclic) bond motifs is 6. The molecule has 0 bridgehead atoms. The highest BCUT2D eigenvalue weighted by Gasteiger charge is 2.73. The van der Waals surface area contributed by atoms with Gasteiger partial charge < -0.3 is 34.3 Å². The van der Waals surface area contributed by atoms with E-state index in [9.17, 15) is 20.1 Å². The van der Waals surface area contributed by atoms with Crippen molar-refractivity contribution in [3.05, 3.63) is 11.6 Å². The van der Waals surface area contributed by atoms with Crippen molar-refractivity contribution in [3.8, 4) is 0 Å². The van der Waals surface area contributed by atoms with Crippen LogP contribution in [0.15, 0.2) is 11.6 Å². The number of hydrogen-bond donors (Lipinski definition) is 3. The summed E-state index contributed by atoms with van der Waals surface area (Å²) >= 11 is 0. The van der Waals surface area contributed by atoms with Crippen LogP contribution in [0.1, 0.15) is 107 Å². The first-order valence-electron chi connectivity index (χ1n) is 15.8. The van der Waals surface area contributed by atoms with E-state index in [2.05, 4.69) is 13.8 Å². The van der Waals surface area contributed by atoms with Gasteiger partial charge in [-0.05, 0) is 117 Å². The van der Waals surface area contributed by atoms with Crippen molar-refractivity contribution < 1.29 is 39.1 Å². The summed E-state index contributed by atoms with van der Waals surface area (Å²) in [6.45, 7) is 17.5. The lowest BCUT2D eigenvalue weighted by molar-refractivity contribution is -0.200. The highest BCUT2D eigenvalue weighted by molar-refractivity contribution is 5.95. The first kappa shape index (κ1) is 30.2. The van der Waals surface area contributed by atoms with Crippen LogP contribution in [0.4, 0.5) is 0 Å². The van der Waals surface area contributed by atoms with Gasteiger partial charge in [0.15, 0.2) is 17.4 Å². The molecule has 0 radical (unpaired) electrons. The summed E-state index contributed by atoms with van der Waals surface area (Å²) in [5.41, 5.74) is -3.23. The molecule has 6 rings (SSSR count). The second-order valence-electron chi connectivity index (χ2n) is 16.3. The summed E-state index contributed by atoms with van der Waals surface area (Å²) in [6, 6.07) is 0. The van der Waals surface area contributed by atoms with E-state index in [4.69, 9.17) is 18.9 Å². The average Bonchev–Trinajstić information content (AvgIpc) is 3.39. The van der Waals surface area contributed by atoms with E-state index in [-0.39, 0.29) is 35.7 Å². The monoisotopic (exact) mass is 576 g/mol. The Bertz CT molecular complexity index is 1140. The lowest BCUT2D eigenvalue weighted by Gasteiger charge is -2.61. The molecule has 0 spiro atoms. The molecule has 0 aromatic carbocycles. The summed E-state index contributed by atoms with van der Waals surface area (Å²) in [6.07, 6.45) is 4.28. The van der Waals surface area contributed by atoms with Crippen molar-refractivity contribution in [1.29, 1.82) is 0 Å². The Morgan fingerprint density at radius 2 is 1.63 bits per heavy atom. The molecule has 232 valence electrons. The van der Waals surface area contributed by atoms with Crippen molar-refractivity contribution in [1.82, 2.24) is 0 Å². The van der Waals surface area contributed by atoms with Gasteiger partial charge in [0, 0.05) is 16.7 Å². The number of aliphatic hydroxyl groups excluding tert-OH is 1. The van der Waals surface area contributed by atoms with E-state index in [1.165, 1.54) is 0 Å². The van der Waals surface area contributed by atoms with Gasteiger partial charge in [-0.1, -0.05) is 13.8 Å². The summed E-state index contributed by atoms with van der Waals surface area (Å²) in [4.78, 5) is 13.9. The molecule has 2 aliphatic heterocycles. The second-order valence-corrected chi connectivity index (χ2v) is 16.3. The van der Waals surface area contributed by atoms with E-state index in [1.807, 2.05) is 48.5 Å². The Morgan fingerprint density at radius 1 is 0.951 bits per heavy atom. The van der Waals surface area contributed by atoms with Crippen molar-refractivity contribution >= 4 is 5.78 Å². The molecule has 5 fully saturated rings. The zero-order valence-corrected chi connectivity index (χ0v) is 26.5. The molecule has 0 aromatic rings. The Kier molecular flexibility index (Phi) is 6.52. The van der Waals surface area contributed by atoms with Crippen LogP contribution in [0, 0.1) is 28.6 Å². The summed E-state index contributed by atoms with van der Waals surface area (Å²) in [5, 5.41) is 35.1. The van der Waals surface area contributed by atoms with Crippen LogP contribution in [0.2, 0.25) is 0 Å². The van der Waals surface area contributed by atoms with Crippen molar-refractivity contribution in [2.24, 2.45) is 28.6 Å². The van der Waals surface area contributed by atoms with E-state index >= 15 is 0 Å². The highest BCUT2D eigenvalue weighted by Crippen LogP contribution is 2.70. The molecule has 41 heavy (non-hydrogen) atoms. The molecule has 2 heterocycles. The fourth-order valence-electron chi connectivity index (χ4n) is 10.5. The Morgan fingerprint density at radius 3 is 2.29 bits per heavy atom. The van der Waals surface area contributed by atoms with Gasteiger partial charge in [0.25, 0.3) is 0 Å². The topological polar surface area (TPSA) is 115 Å². The molecule has 6 aliphatic rings. The normalized spacial score (nSPS) is 52.0. The van der Waals surface area contributed by atoms with E-state index in [1.54, 1.807) is 6.08 Å². The third-order valence-corrected chi connectivity index (χ3v) is 12.3. The number of aliphatic hydroxyl groups is 3. The fourth-order valence-corrected chi connectivity index (χ4v) is 10.5. The summed E-state index contributed by atoms with van der Waals surface area (Å²) in [7, 11) is 0. The maximum absolute atomic E-state index is 13.9. The van der Waals surface area contributed by atoms with E-state index < -0.39 is 51.4 Å². The highest BCUT2D eigenvalue weighted by atomic mass is 16.8. The minimum Gasteiger partial charge on any atom is -0.390 e. The molecular formula is C33H52O8. The zero-order chi connectivity index (χ0) is 30.2. The predicted octanol–water partition coefficient (Wildman–Crippen LogP) is 4.42. The number of ketones is 1. The number of carbonyl (C=O) groups excluding carboxylic acids is 1. The Labute approximate surface area is 245 Å². The maximum Gasteiger partial charge on any atom is 0.164 e. The number of allylic oxidation sites excluding steroid dienone is 1. The van der Waals surface area contributed by atoms with Gasteiger partial charge in [-0.3, -0.25) is 4.79 Å². The molecule has 0 aromatic heterocycles. The average molecular weight is 577 g/mol. The van der Waals surface area contributed by atoms with Crippen molar-refractivity contribution in [2.75, 3.05) is 0 Å². The van der Waals surface area contributed by atoms with Gasteiger partial charge in [0.2, 0.25) is 0 Å². The van der Waals surface area contributed by atoms with Gasteiger partial charge in [-0.15, -0.1) is 0 Å². The third kappa shape index (κ3) is 4.22. The Balaban J connectivity index is 1.35. The number of hydrogen-bond acceptors (Lipinski definition) is 8. The third-order valence-electron chi connectivity index (χ3n) is 12.3. The quantitative estimate of drug-likeness (QED) is 0.451. The molecular weight excluding hydrogens is 524 g/mol. The predicted molar refractivity (Wildman–Crippen MR) is 152 cm³/mol. The molecule has 2 saturated heterocycles. The molecule has 3 N–H and O–H groups in total. The minimum atomic E-state index is -1.20. The van der Waals surface area contributed by atoms with Crippen LogP contribution in [-0.2, 0) is 23.7 Å². The molecule has 8 heteroatoms. The van der Waals surface area contributed by atoms with Crippen LogP contribution in [0.5, 0.6) is 0 Å². The minimum absolute atomic E-state index is 0.0240. The SMILES string of the molecule is CC(C)(O)CC[C@H]1OC(C)(C)O[C@]1(C)[C@H]1CC[C@@]2(O)C3=CC(=O)[C@@H]4C[C@H]5OC(C)(C)O[C@H]5[C@@H](O)[C@]4(C)[C@H]3CC[C@]12C. The first-order chi connectivity index (χ1) is 18.7. The van der Waals surface area contributed by atoms with Crippen molar-refractivity contribution in [2.45, 2.75) is 160 Å². The molecule has 4 aliphatic carbocycles. The molecule has 8 nitrogen and oxygen atoms in total. The van der Waals surface area contributed by atoms with Crippen LogP contribution in [0.25, 0.3) is 0 Å². The summed E-state index contributed by atoms with van der Waals surface area (Å²) < 4.78 is 25.5. The van der Waals surface area contributed by atoms with Gasteiger partial charge in [0.1, 0.15) is 6.10 Å². The van der Waals surface area contributed by atoms with Crippen LogP contribution in [-0.4, -0.2) is 73.9 Å². The van der Waals surface area contributed by atoms with Crippen LogP contribution < -0.4 is 0 Å². The van der Waals surface area contributed by atoms with Crippen LogP contribution >= 0.6 is 0 Å². The molecule has 0 unspecified atom stereocenters. The van der Waals surface area contributed by atoms with E-state index in [0.29, 0.717) is 25.7 Å². The smallest absolute Gasteiger partial charge is 0.164 e.